The Hall–Kier alpha value is -0.120. The molecule has 0 aromatic carbocycles. The van der Waals surface area contributed by atoms with E-state index in [1.807, 2.05) is 7.11 Å². The number of methoxy groups -OCH3 is 1. The first kappa shape index (κ1) is 10.4. The van der Waals surface area contributed by atoms with Crippen LogP contribution in [-0.2, 0) is 4.74 Å². The van der Waals surface area contributed by atoms with Crippen LogP contribution < -0.4 is 5.73 Å². The number of nitrogens with zero attached hydrogens (tertiary/aromatic N) is 1. The predicted molar refractivity (Wildman–Crippen MR) is 57.2 cm³/mol. The molecular weight excluding hydrogens is 176 g/mol. The second-order valence-electron chi connectivity index (χ2n) is 4.70. The fourth-order valence-corrected chi connectivity index (χ4v) is 2.75. The quantitative estimate of drug-likeness (QED) is 0.719. The molecule has 0 amide bonds. The first-order chi connectivity index (χ1) is 6.79. The standard InChI is InChI=1S/C11H22N2O/c1-14-11-3-2-10(8-11)13-6-4-9(12)5-7-13/h9-11H,2-8,12H2,1H3. The van der Waals surface area contributed by atoms with Gasteiger partial charge in [-0.2, -0.15) is 0 Å². The van der Waals surface area contributed by atoms with Crippen molar-refractivity contribution in [3.63, 3.8) is 0 Å². The molecule has 2 atom stereocenters. The predicted octanol–water partition coefficient (Wildman–Crippen LogP) is 0.977. The number of likely N-dealkylation sites (tertiary alicyclic amines) is 1. The van der Waals surface area contributed by atoms with Gasteiger partial charge in [0.05, 0.1) is 6.10 Å². The van der Waals surface area contributed by atoms with Crippen LogP contribution in [0.2, 0.25) is 0 Å². The number of rotatable bonds is 2. The number of hydrogen-bond acceptors (Lipinski definition) is 3. The summed E-state index contributed by atoms with van der Waals surface area (Å²) >= 11 is 0. The van der Waals surface area contributed by atoms with E-state index in [1.54, 1.807) is 0 Å². The summed E-state index contributed by atoms with van der Waals surface area (Å²) in [6.45, 7) is 2.39. The van der Waals surface area contributed by atoms with Gasteiger partial charge in [-0.15, -0.1) is 0 Å². The molecule has 1 aliphatic heterocycles. The highest BCUT2D eigenvalue weighted by Gasteiger charge is 2.30. The van der Waals surface area contributed by atoms with Crippen molar-refractivity contribution in [2.75, 3.05) is 20.2 Å². The van der Waals surface area contributed by atoms with Crippen LogP contribution in [0.15, 0.2) is 0 Å². The molecule has 2 aliphatic rings. The van der Waals surface area contributed by atoms with E-state index in [2.05, 4.69) is 4.90 Å². The maximum absolute atomic E-state index is 5.90. The van der Waals surface area contributed by atoms with Crippen LogP contribution >= 0.6 is 0 Å². The Labute approximate surface area is 86.6 Å². The molecule has 1 saturated carbocycles. The summed E-state index contributed by atoms with van der Waals surface area (Å²) in [5, 5.41) is 0. The van der Waals surface area contributed by atoms with Gasteiger partial charge in [0.1, 0.15) is 0 Å². The normalized spacial score (nSPS) is 36.4. The van der Waals surface area contributed by atoms with Crippen LogP contribution in [0, 0.1) is 0 Å². The molecule has 14 heavy (non-hydrogen) atoms. The average Bonchev–Trinajstić information content (AvgIpc) is 2.67. The van der Waals surface area contributed by atoms with E-state index in [0.29, 0.717) is 12.1 Å². The summed E-state index contributed by atoms with van der Waals surface area (Å²) < 4.78 is 5.40. The summed E-state index contributed by atoms with van der Waals surface area (Å²) in [6.07, 6.45) is 6.64. The molecule has 0 bridgehead atoms. The van der Waals surface area contributed by atoms with Gasteiger partial charge >= 0.3 is 0 Å². The average molecular weight is 198 g/mol. The lowest BCUT2D eigenvalue weighted by Gasteiger charge is -2.34. The summed E-state index contributed by atoms with van der Waals surface area (Å²) in [4.78, 5) is 2.61. The Morgan fingerprint density at radius 2 is 1.86 bits per heavy atom. The molecule has 1 saturated heterocycles. The molecule has 0 spiro atoms. The van der Waals surface area contributed by atoms with Crippen LogP contribution in [-0.4, -0.2) is 43.3 Å². The monoisotopic (exact) mass is 198 g/mol. The van der Waals surface area contributed by atoms with Crippen molar-refractivity contribution < 1.29 is 4.74 Å². The molecular formula is C11H22N2O. The maximum Gasteiger partial charge on any atom is 0.0586 e. The Morgan fingerprint density at radius 3 is 2.43 bits per heavy atom. The molecule has 1 heterocycles. The van der Waals surface area contributed by atoms with Gasteiger partial charge in [-0.25, -0.2) is 0 Å². The first-order valence-electron chi connectivity index (χ1n) is 5.82. The van der Waals surface area contributed by atoms with Crippen molar-refractivity contribution in [2.24, 2.45) is 5.73 Å². The van der Waals surface area contributed by atoms with E-state index in [0.717, 1.165) is 6.04 Å². The van der Waals surface area contributed by atoms with Crippen molar-refractivity contribution in [3.8, 4) is 0 Å². The molecule has 3 nitrogen and oxygen atoms in total. The van der Waals surface area contributed by atoms with Crippen LogP contribution in [0.25, 0.3) is 0 Å². The van der Waals surface area contributed by atoms with E-state index < -0.39 is 0 Å². The lowest BCUT2D eigenvalue weighted by molar-refractivity contribution is 0.0911. The second kappa shape index (κ2) is 4.60. The Bertz CT molecular complexity index is 178. The summed E-state index contributed by atoms with van der Waals surface area (Å²) in [7, 11) is 1.83. The SMILES string of the molecule is COC1CCC(N2CCC(N)CC2)C1. The minimum atomic E-state index is 0.450. The largest absolute Gasteiger partial charge is 0.381 e. The molecule has 2 rings (SSSR count). The maximum atomic E-state index is 5.90. The highest BCUT2D eigenvalue weighted by atomic mass is 16.5. The molecule has 1 aliphatic carbocycles. The fraction of sp³-hybridized carbons (Fsp3) is 1.00. The van der Waals surface area contributed by atoms with E-state index in [1.165, 1.54) is 45.2 Å². The van der Waals surface area contributed by atoms with Crippen molar-refractivity contribution in [2.45, 2.75) is 50.3 Å². The summed E-state index contributed by atoms with van der Waals surface area (Å²) in [5.74, 6) is 0. The van der Waals surface area contributed by atoms with E-state index in [-0.39, 0.29) is 0 Å². The summed E-state index contributed by atoms with van der Waals surface area (Å²) in [5.41, 5.74) is 5.90. The zero-order chi connectivity index (χ0) is 9.97. The fourth-order valence-electron chi connectivity index (χ4n) is 2.75. The summed E-state index contributed by atoms with van der Waals surface area (Å²) in [6, 6.07) is 1.22. The topological polar surface area (TPSA) is 38.5 Å². The minimum absolute atomic E-state index is 0.450. The minimum Gasteiger partial charge on any atom is -0.381 e. The van der Waals surface area contributed by atoms with Gasteiger partial charge in [0.25, 0.3) is 0 Å². The number of ether oxygens (including phenoxy) is 1. The first-order valence-corrected chi connectivity index (χ1v) is 5.82. The molecule has 2 unspecified atom stereocenters. The van der Waals surface area contributed by atoms with Gasteiger partial charge in [0.2, 0.25) is 0 Å². The lowest BCUT2D eigenvalue weighted by Crippen LogP contribution is -2.44. The number of piperidine rings is 1. The molecule has 2 N–H and O–H groups in total. The second-order valence-corrected chi connectivity index (χ2v) is 4.70. The van der Waals surface area contributed by atoms with Crippen molar-refractivity contribution in [3.05, 3.63) is 0 Å². The zero-order valence-electron chi connectivity index (χ0n) is 9.11. The molecule has 0 aromatic heterocycles. The molecule has 3 heteroatoms. The van der Waals surface area contributed by atoms with E-state index >= 15 is 0 Å². The van der Waals surface area contributed by atoms with Gasteiger partial charge in [-0.3, -0.25) is 0 Å². The highest BCUT2D eigenvalue weighted by Crippen LogP contribution is 2.27. The third-order valence-electron chi connectivity index (χ3n) is 3.78. The van der Waals surface area contributed by atoms with Crippen molar-refractivity contribution in [1.82, 2.24) is 4.90 Å². The Kier molecular flexibility index (Phi) is 3.42. The van der Waals surface area contributed by atoms with Crippen LogP contribution in [0.5, 0.6) is 0 Å². The molecule has 82 valence electrons. The van der Waals surface area contributed by atoms with Gasteiger partial charge in [0, 0.05) is 19.2 Å². The van der Waals surface area contributed by atoms with Gasteiger partial charge in [-0.1, -0.05) is 0 Å². The van der Waals surface area contributed by atoms with Gasteiger partial charge in [0.15, 0.2) is 0 Å². The molecule has 2 fully saturated rings. The zero-order valence-corrected chi connectivity index (χ0v) is 9.11. The Balaban J connectivity index is 1.79. The third-order valence-corrected chi connectivity index (χ3v) is 3.78. The highest BCUT2D eigenvalue weighted by molar-refractivity contribution is 4.86. The molecule has 0 radical (unpaired) electrons. The van der Waals surface area contributed by atoms with Crippen LogP contribution in [0.4, 0.5) is 0 Å². The van der Waals surface area contributed by atoms with Crippen molar-refractivity contribution >= 4 is 0 Å². The lowest BCUT2D eigenvalue weighted by atomic mass is 10.0. The third kappa shape index (κ3) is 2.27. The Morgan fingerprint density at radius 1 is 1.14 bits per heavy atom. The van der Waals surface area contributed by atoms with Crippen molar-refractivity contribution in [1.29, 1.82) is 0 Å². The van der Waals surface area contributed by atoms with Gasteiger partial charge < -0.3 is 15.4 Å². The number of nitrogens with two attached hydrogens (primary N) is 1. The van der Waals surface area contributed by atoms with E-state index in [9.17, 15) is 0 Å². The van der Waals surface area contributed by atoms with E-state index in [4.69, 9.17) is 10.5 Å². The van der Waals surface area contributed by atoms with Crippen LogP contribution in [0.3, 0.4) is 0 Å². The van der Waals surface area contributed by atoms with Crippen LogP contribution in [0.1, 0.15) is 32.1 Å². The molecule has 0 aromatic rings. The number of hydrogen-bond donors (Lipinski definition) is 1. The smallest absolute Gasteiger partial charge is 0.0586 e. The van der Waals surface area contributed by atoms with Gasteiger partial charge in [-0.05, 0) is 45.2 Å².